The van der Waals surface area contributed by atoms with Gasteiger partial charge in [0.25, 0.3) is 8.32 Å². The molecule has 1 rings (SSSR count). The third-order valence-electron chi connectivity index (χ3n) is 3.83. The number of para-hydroxylation sites is 1. The van der Waals surface area contributed by atoms with Crippen LogP contribution in [0.3, 0.4) is 0 Å². The van der Waals surface area contributed by atoms with E-state index in [2.05, 4.69) is 69.6 Å². The quantitative estimate of drug-likeness (QED) is 0.602. The summed E-state index contributed by atoms with van der Waals surface area (Å²) >= 11 is 3.59. The lowest BCUT2D eigenvalue weighted by atomic mass is 10.3. The van der Waals surface area contributed by atoms with Crippen molar-refractivity contribution in [3.8, 4) is 5.75 Å². The molecule has 0 heterocycles. The Labute approximate surface area is 121 Å². The Morgan fingerprint density at radius 1 is 0.889 bits per heavy atom. The number of rotatable bonds is 5. The minimum atomic E-state index is -1.83. The summed E-state index contributed by atoms with van der Waals surface area (Å²) in [4.78, 5) is 0. The van der Waals surface area contributed by atoms with Crippen molar-refractivity contribution in [3.05, 3.63) is 28.7 Å². The fourth-order valence-electron chi connectivity index (χ4n) is 3.07. The van der Waals surface area contributed by atoms with E-state index in [1.165, 1.54) is 0 Å². The van der Waals surface area contributed by atoms with E-state index in [1.54, 1.807) is 0 Å². The average Bonchev–Trinajstić information content (AvgIpc) is 2.26. The lowest BCUT2D eigenvalue weighted by Crippen LogP contribution is -2.50. The van der Waals surface area contributed by atoms with Gasteiger partial charge in [-0.1, -0.05) is 53.7 Å². The van der Waals surface area contributed by atoms with Crippen molar-refractivity contribution in [2.75, 3.05) is 0 Å². The third kappa shape index (κ3) is 2.99. The maximum absolute atomic E-state index is 6.61. The van der Waals surface area contributed by atoms with Gasteiger partial charge in [0.15, 0.2) is 0 Å². The summed E-state index contributed by atoms with van der Waals surface area (Å²) in [6, 6.07) is 8.19. The normalized spacial score (nSPS) is 12.6. The second kappa shape index (κ2) is 6.24. The monoisotopic (exact) mass is 328 g/mol. The molecule has 0 radical (unpaired) electrons. The number of hydrogen-bond donors (Lipinski definition) is 0. The van der Waals surface area contributed by atoms with E-state index in [9.17, 15) is 0 Å². The number of hydrogen-bond acceptors (Lipinski definition) is 1. The molecule has 3 heteroatoms. The van der Waals surface area contributed by atoms with Gasteiger partial charge in [0, 0.05) is 0 Å². The third-order valence-corrected chi connectivity index (χ3v) is 10.5. The first-order valence-corrected chi connectivity index (χ1v) is 9.69. The number of halogens is 1. The molecule has 0 saturated carbocycles. The van der Waals surface area contributed by atoms with Crippen LogP contribution < -0.4 is 4.43 Å². The summed E-state index contributed by atoms with van der Waals surface area (Å²) in [6.07, 6.45) is 0. The molecule has 0 unspecified atom stereocenters. The van der Waals surface area contributed by atoms with Crippen LogP contribution in [0, 0.1) is 0 Å². The molecule has 18 heavy (non-hydrogen) atoms. The van der Waals surface area contributed by atoms with Crippen molar-refractivity contribution < 1.29 is 4.43 Å². The standard InChI is InChI=1S/C15H25BrOSi/c1-11(2)18(12(3)4,13(5)6)17-15-10-8-7-9-14(15)16/h7-13H,1-6H3. The lowest BCUT2D eigenvalue weighted by Gasteiger charge is -2.42. The van der Waals surface area contributed by atoms with E-state index in [-0.39, 0.29) is 0 Å². The SMILES string of the molecule is CC(C)[Si](Oc1ccccc1Br)(C(C)C)C(C)C. The minimum Gasteiger partial charge on any atom is -0.542 e. The van der Waals surface area contributed by atoms with Crippen molar-refractivity contribution in [2.45, 2.75) is 58.2 Å². The largest absolute Gasteiger partial charge is 0.542 e. The minimum absolute atomic E-state index is 0.601. The molecule has 0 bridgehead atoms. The fraction of sp³-hybridized carbons (Fsp3) is 0.600. The molecular weight excluding hydrogens is 304 g/mol. The molecule has 0 aliphatic carbocycles. The first kappa shape index (κ1) is 15.8. The molecule has 0 aliphatic heterocycles. The molecule has 0 saturated heterocycles. The maximum atomic E-state index is 6.61. The van der Waals surface area contributed by atoms with Crippen molar-refractivity contribution in [1.29, 1.82) is 0 Å². The van der Waals surface area contributed by atoms with E-state index >= 15 is 0 Å². The van der Waals surface area contributed by atoms with Gasteiger partial charge in [-0.05, 0) is 44.7 Å². The van der Waals surface area contributed by atoms with Crippen LogP contribution in [-0.2, 0) is 0 Å². The molecule has 1 aromatic carbocycles. The van der Waals surface area contributed by atoms with Gasteiger partial charge in [0.2, 0.25) is 0 Å². The molecule has 0 aliphatic rings. The molecule has 102 valence electrons. The van der Waals surface area contributed by atoms with Gasteiger partial charge >= 0.3 is 0 Å². The van der Waals surface area contributed by atoms with E-state index in [1.807, 2.05) is 12.1 Å². The van der Waals surface area contributed by atoms with Crippen molar-refractivity contribution in [1.82, 2.24) is 0 Å². The highest BCUT2D eigenvalue weighted by atomic mass is 79.9. The van der Waals surface area contributed by atoms with Crippen molar-refractivity contribution in [2.24, 2.45) is 0 Å². The fourth-order valence-corrected chi connectivity index (χ4v) is 8.85. The Kier molecular flexibility index (Phi) is 5.47. The molecule has 0 N–H and O–H groups in total. The smallest absolute Gasteiger partial charge is 0.258 e. The highest BCUT2D eigenvalue weighted by molar-refractivity contribution is 9.10. The summed E-state index contributed by atoms with van der Waals surface area (Å²) in [5.74, 6) is 1.00. The van der Waals surface area contributed by atoms with Gasteiger partial charge in [-0.3, -0.25) is 0 Å². The van der Waals surface area contributed by atoms with E-state index < -0.39 is 8.32 Å². The predicted molar refractivity (Wildman–Crippen MR) is 85.8 cm³/mol. The van der Waals surface area contributed by atoms with Crippen LogP contribution in [-0.4, -0.2) is 8.32 Å². The maximum Gasteiger partial charge on any atom is 0.258 e. The molecule has 0 amide bonds. The molecule has 1 aromatic rings. The van der Waals surface area contributed by atoms with Gasteiger partial charge in [-0.15, -0.1) is 0 Å². The van der Waals surface area contributed by atoms with Crippen LogP contribution in [0.2, 0.25) is 16.6 Å². The molecular formula is C15H25BrOSi. The van der Waals surface area contributed by atoms with E-state index in [0.29, 0.717) is 16.6 Å². The predicted octanol–water partition coefficient (Wildman–Crippen LogP) is 6.00. The van der Waals surface area contributed by atoms with E-state index in [0.717, 1.165) is 10.2 Å². The summed E-state index contributed by atoms with van der Waals surface area (Å²) in [7, 11) is -1.83. The lowest BCUT2D eigenvalue weighted by molar-refractivity contribution is 0.477. The zero-order valence-electron chi connectivity index (χ0n) is 12.3. The molecule has 0 aromatic heterocycles. The second-order valence-corrected chi connectivity index (χ2v) is 12.1. The topological polar surface area (TPSA) is 9.23 Å². The van der Waals surface area contributed by atoms with Gasteiger partial charge in [-0.2, -0.15) is 0 Å². The highest BCUT2D eigenvalue weighted by Crippen LogP contribution is 2.43. The Morgan fingerprint density at radius 2 is 1.33 bits per heavy atom. The van der Waals surface area contributed by atoms with Crippen LogP contribution in [0.5, 0.6) is 5.75 Å². The van der Waals surface area contributed by atoms with Gasteiger partial charge < -0.3 is 4.43 Å². The molecule has 0 atom stereocenters. The zero-order valence-corrected chi connectivity index (χ0v) is 14.9. The van der Waals surface area contributed by atoms with E-state index in [4.69, 9.17) is 4.43 Å². The Hall–Kier alpha value is -0.283. The van der Waals surface area contributed by atoms with Gasteiger partial charge in [-0.25, -0.2) is 0 Å². The molecule has 0 fully saturated rings. The van der Waals surface area contributed by atoms with Crippen LogP contribution in [0.25, 0.3) is 0 Å². The van der Waals surface area contributed by atoms with Gasteiger partial charge in [0.1, 0.15) is 5.75 Å². The van der Waals surface area contributed by atoms with Crippen LogP contribution in [0.4, 0.5) is 0 Å². The summed E-state index contributed by atoms with van der Waals surface area (Å²) in [5, 5.41) is 0. The van der Waals surface area contributed by atoms with Crippen LogP contribution >= 0.6 is 15.9 Å². The van der Waals surface area contributed by atoms with Gasteiger partial charge in [0.05, 0.1) is 4.47 Å². The highest BCUT2D eigenvalue weighted by Gasteiger charge is 2.47. The first-order chi connectivity index (χ1) is 8.32. The summed E-state index contributed by atoms with van der Waals surface area (Å²) in [5.41, 5.74) is 1.80. The number of benzene rings is 1. The second-order valence-electron chi connectivity index (χ2n) is 5.85. The van der Waals surface area contributed by atoms with Crippen molar-refractivity contribution >= 4 is 24.2 Å². The Balaban J connectivity index is 3.17. The molecule has 0 spiro atoms. The van der Waals surface area contributed by atoms with Crippen LogP contribution in [0.15, 0.2) is 28.7 Å². The first-order valence-electron chi connectivity index (χ1n) is 6.75. The molecule has 1 nitrogen and oxygen atoms in total. The van der Waals surface area contributed by atoms with Crippen LogP contribution in [0.1, 0.15) is 41.5 Å². The summed E-state index contributed by atoms with van der Waals surface area (Å²) in [6.45, 7) is 13.9. The average molecular weight is 329 g/mol. The summed E-state index contributed by atoms with van der Waals surface area (Å²) < 4.78 is 7.67. The Bertz CT molecular complexity index is 366. The van der Waals surface area contributed by atoms with Crippen molar-refractivity contribution in [3.63, 3.8) is 0 Å². The zero-order chi connectivity index (χ0) is 13.9. The Morgan fingerprint density at radius 3 is 1.72 bits per heavy atom.